The normalized spacial score (nSPS) is 14.2. The smallest absolute Gasteiger partial charge is 0.462 e. The summed E-state index contributed by atoms with van der Waals surface area (Å²) in [5.41, 5.74) is 0. The Bertz CT molecular complexity index is 1940. The number of phosphoric acid groups is 2. The first kappa shape index (κ1) is 99.1. The van der Waals surface area contributed by atoms with Crippen molar-refractivity contribution in [2.75, 3.05) is 39.6 Å². The van der Waals surface area contributed by atoms with Gasteiger partial charge in [-0.2, -0.15) is 0 Å². The zero-order valence-corrected chi connectivity index (χ0v) is 68.0. The van der Waals surface area contributed by atoms with Crippen LogP contribution in [0.2, 0.25) is 0 Å². The van der Waals surface area contributed by atoms with Crippen molar-refractivity contribution < 1.29 is 80.2 Å². The van der Waals surface area contributed by atoms with Crippen LogP contribution in [-0.4, -0.2) is 96.7 Å². The first-order valence-electron chi connectivity index (χ1n) is 42.5. The molecule has 0 saturated heterocycles. The van der Waals surface area contributed by atoms with Gasteiger partial charge in [0.05, 0.1) is 26.4 Å². The molecule has 0 fully saturated rings. The molecule has 0 rings (SSSR count). The molecule has 0 saturated carbocycles. The summed E-state index contributed by atoms with van der Waals surface area (Å²) in [4.78, 5) is 73.1. The van der Waals surface area contributed by atoms with E-state index in [9.17, 15) is 43.2 Å². The van der Waals surface area contributed by atoms with Gasteiger partial charge in [-0.25, -0.2) is 9.13 Å². The average molecular weight is 1480 g/mol. The fourth-order valence-electron chi connectivity index (χ4n) is 12.7. The Morgan fingerprint density at radius 3 is 0.752 bits per heavy atom. The highest BCUT2D eigenvalue weighted by Gasteiger charge is 2.30. The van der Waals surface area contributed by atoms with Crippen molar-refractivity contribution in [2.24, 2.45) is 11.8 Å². The Hall–Kier alpha value is -1.94. The van der Waals surface area contributed by atoms with Crippen LogP contribution in [0.5, 0.6) is 0 Å². The Morgan fingerprint density at radius 2 is 0.505 bits per heavy atom. The Balaban J connectivity index is 5.24. The minimum Gasteiger partial charge on any atom is -0.462 e. The highest BCUT2D eigenvalue weighted by molar-refractivity contribution is 7.47. The van der Waals surface area contributed by atoms with Crippen molar-refractivity contribution in [1.82, 2.24) is 0 Å². The summed E-state index contributed by atoms with van der Waals surface area (Å²) >= 11 is 0. The zero-order chi connectivity index (χ0) is 74.2. The maximum atomic E-state index is 13.1. The van der Waals surface area contributed by atoms with Crippen molar-refractivity contribution in [3.05, 3.63) is 0 Å². The molecule has 17 nitrogen and oxygen atoms in total. The zero-order valence-electron chi connectivity index (χ0n) is 66.2. The summed E-state index contributed by atoms with van der Waals surface area (Å²) in [5.74, 6) is -0.484. The average Bonchev–Trinajstić information content (AvgIpc) is 0.967. The lowest BCUT2D eigenvalue weighted by Crippen LogP contribution is -2.30. The summed E-state index contributed by atoms with van der Waals surface area (Å²) in [7, 11) is -9.92. The molecule has 0 radical (unpaired) electrons. The summed E-state index contributed by atoms with van der Waals surface area (Å²) in [6, 6.07) is 0. The van der Waals surface area contributed by atoms with Crippen molar-refractivity contribution in [2.45, 2.75) is 452 Å². The second kappa shape index (κ2) is 73.6. The van der Waals surface area contributed by atoms with Gasteiger partial charge in [-0.1, -0.05) is 382 Å². The maximum Gasteiger partial charge on any atom is 0.472 e. The van der Waals surface area contributed by atoms with Crippen LogP contribution in [0.15, 0.2) is 0 Å². The molecule has 0 aliphatic carbocycles. The third-order valence-corrected chi connectivity index (χ3v) is 21.5. The second-order valence-electron chi connectivity index (χ2n) is 30.2. The summed E-state index contributed by atoms with van der Waals surface area (Å²) in [6.45, 7) is 9.70. The van der Waals surface area contributed by atoms with E-state index in [1.165, 1.54) is 250 Å². The molecular formula is C82H160O17P2. The van der Waals surface area contributed by atoms with E-state index in [2.05, 4.69) is 41.5 Å². The van der Waals surface area contributed by atoms with Gasteiger partial charge in [-0.3, -0.25) is 37.3 Å². The van der Waals surface area contributed by atoms with E-state index in [1.807, 2.05) is 0 Å². The fraction of sp³-hybridized carbons (Fsp3) is 0.951. The fourth-order valence-corrected chi connectivity index (χ4v) is 14.3. The number of esters is 4. The van der Waals surface area contributed by atoms with Crippen molar-refractivity contribution in [3.8, 4) is 0 Å². The SMILES string of the molecule is CCCCCCCCCCCCCCCCCCCCC(=O)OC[C@H](COP(=O)(O)OC[C@@H](O)COP(=O)(O)OC[C@@H](COC(=O)CCCCCCCCCCCC)OC(=O)CCCCCCCCCCCCCCC(C)C)OC(=O)CCCCCCCCCCCCCCCCC(C)CC. The quantitative estimate of drug-likeness (QED) is 0.0222. The van der Waals surface area contributed by atoms with E-state index in [0.717, 1.165) is 102 Å². The molecule has 0 spiro atoms. The number of hydrogen-bond donors (Lipinski definition) is 3. The van der Waals surface area contributed by atoms with Gasteiger partial charge >= 0.3 is 39.5 Å². The van der Waals surface area contributed by atoms with Crippen LogP contribution in [0.4, 0.5) is 0 Å². The molecule has 3 unspecified atom stereocenters. The van der Waals surface area contributed by atoms with Gasteiger partial charge in [0.2, 0.25) is 0 Å². The van der Waals surface area contributed by atoms with Crippen LogP contribution >= 0.6 is 15.6 Å². The third kappa shape index (κ3) is 74.7. The largest absolute Gasteiger partial charge is 0.472 e. The van der Waals surface area contributed by atoms with E-state index < -0.39 is 97.5 Å². The topological polar surface area (TPSA) is 237 Å². The molecule has 101 heavy (non-hydrogen) atoms. The monoisotopic (exact) mass is 1480 g/mol. The van der Waals surface area contributed by atoms with Gasteiger partial charge in [0, 0.05) is 25.7 Å². The molecule has 0 aliphatic heterocycles. The van der Waals surface area contributed by atoms with Gasteiger partial charge in [-0.05, 0) is 37.5 Å². The van der Waals surface area contributed by atoms with E-state index in [4.69, 9.17) is 37.0 Å². The maximum absolute atomic E-state index is 13.1. The molecule has 0 heterocycles. The Labute approximate surface area is 619 Å². The van der Waals surface area contributed by atoms with Crippen LogP contribution in [0.3, 0.4) is 0 Å². The van der Waals surface area contributed by atoms with Crippen molar-refractivity contribution >= 4 is 39.5 Å². The van der Waals surface area contributed by atoms with Crippen LogP contribution < -0.4 is 0 Å². The van der Waals surface area contributed by atoms with Crippen LogP contribution in [0, 0.1) is 11.8 Å². The predicted molar refractivity (Wildman–Crippen MR) is 414 cm³/mol. The summed E-state index contributed by atoms with van der Waals surface area (Å²) in [5, 5.41) is 10.6. The summed E-state index contributed by atoms with van der Waals surface area (Å²) < 4.78 is 68.8. The third-order valence-electron chi connectivity index (χ3n) is 19.6. The number of carbonyl (C=O) groups excluding carboxylic acids is 4. The second-order valence-corrected chi connectivity index (χ2v) is 33.1. The molecule has 0 aliphatic rings. The first-order valence-corrected chi connectivity index (χ1v) is 45.5. The van der Waals surface area contributed by atoms with Gasteiger partial charge in [-0.15, -0.1) is 0 Å². The minimum absolute atomic E-state index is 0.107. The lowest BCUT2D eigenvalue weighted by Gasteiger charge is -2.21. The van der Waals surface area contributed by atoms with Gasteiger partial charge in [0.15, 0.2) is 12.2 Å². The summed E-state index contributed by atoms with van der Waals surface area (Å²) in [6.07, 6.45) is 63.7. The molecule has 0 aromatic carbocycles. The van der Waals surface area contributed by atoms with Crippen LogP contribution in [0.1, 0.15) is 433 Å². The molecule has 0 bridgehead atoms. The van der Waals surface area contributed by atoms with Gasteiger partial charge in [0.25, 0.3) is 0 Å². The molecule has 600 valence electrons. The van der Waals surface area contributed by atoms with E-state index in [1.54, 1.807) is 0 Å². The first-order chi connectivity index (χ1) is 48.9. The number of phosphoric ester groups is 2. The molecule has 19 heteroatoms. The number of rotatable bonds is 81. The highest BCUT2D eigenvalue weighted by Crippen LogP contribution is 2.45. The molecule has 0 aromatic rings. The molecule has 3 N–H and O–H groups in total. The number of ether oxygens (including phenoxy) is 4. The minimum atomic E-state index is -4.96. The lowest BCUT2D eigenvalue weighted by molar-refractivity contribution is -0.161. The number of aliphatic hydroxyl groups is 1. The predicted octanol–water partition coefficient (Wildman–Crippen LogP) is 24.7. The molecule has 0 aromatic heterocycles. The number of aliphatic hydroxyl groups excluding tert-OH is 1. The van der Waals surface area contributed by atoms with E-state index in [0.29, 0.717) is 25.7 Å². The Kier molecular flexibility index (Phi) is 72.2. The molecule has 0 amide bonds. The number of hydrogen-bond acceptors (Lipinski definition) is 15. The van der Waals surface area contributed by atoms with E-state index in [-0.39, 0.29) is 25.7 Å². The van der Waals surface area contributed by atoms with E-state index >= 15 is 0 Å². The number of carbonyl (C=O) groups is 4. The highest BCUT2D eigenvalue weighted by atomic mass is 31.2. The van der Waals surface area contributed by atoms with Gasteiger partial charge < -0.3 is 33.8 Å². The molecular weight excluding hydrogens is 1320 g/mol. The molecule has 6 atom stereocenters. The lowest BCUT2D eigenvalue weighted by atomic mass is 9.99. The van der Waals surface area contributed by atoms with Crippen molar-refractivity contribution in [3.63, 3.8) is 0 Å². The Morgan fingerprint density at radius 1 is 0.287 bits per heavy atom. The van der Waals surface area contributed by atoms with Gasteiger partial charge in [0.1, 0.15) is 19.3 Å². The van der Waals surface area contributed by atoms with Crippen molar-refractivity contribution in [1.29, 1.82) is 0 Å². The number of unbranched alkanes of at least 4 members (excludes halogenated alkanes) is 50. The van der Waals surface area contributed by atoms with Crippen LogP contribution in [0.25, 0.3) is 0 Å². The standard InChI is InChI=1S/C82H160O17P2/c1-7-10-12-14-16-18-20-21-22-23-24-25-29-35-41-47-53-59-65-80(85)93-71-78(99-81(86)66-60-54-48-42-36-30-27-26-28-34-39-45-51-57-63-75(6)9-3)73-97-101(90,91)95-69-76(83)68-94-100(88,89)96-72-77(70-92-79(84)64-58-52-46-40-19-17-15-13-11-8-2)98-82(87)67-61-55-49-43-37-32-31-33-38-44-50-56-62-74(4)5/h74-78,83H,7-73H2,1-6H3,(H,88,89)(H,90,91)/t75?,76-,77+,78+/m0/s1. The van der Waals surface area contributed by atoms with Crippen LogP contribution in [-0.2, 0) is 65.4 Å².